The van der Waals surface area contributed by atoms with E-state index in [4.69, 9.17) is 34.5 Å². The molecule has 192 valence electrons. The predicted molar refractivity (Wildman–Crippen MR) is 118 cm³/mol. The van der Waals surface area contributed by atoms with Crippen LogP contribution in [0.2, 0.25) is 0 Å². The number of hydrogen-bond donors (Lipinski definition) is 2. The van der Waals surface area contributed by atoms with E-state index in [9.17, 15) is 19.2 Å². The van der Waals surface area contributed by atoms with Crippen molar-refractivity contribution in [2.75, 3.05) is 13.2 Å². The topological polar surface area (TPSA) is 164 Å². The van der Waals surface area contributed by atoms with Gasteiger partial charge < -0.3 is 19.7 Å². The summed E-state index contributed by atoms with van der Waals surface area (Å²) < 4.78 is 9.38. The SMILES string of the molecule is O=C(O)OCC1CCC(COC(=O)O)(OOC(=O)c2ccccc2)C(OOC(=O)c2ccccc2)C1. The molecule has 0 bridgehead atoms. The van der Waals surface area contributed by atoms with E-state index in [1.54, 1.807) is 36.4 Å². The molecule has 1 aliphatic carbocycles. The highest BCUT2D eigenvalue weighted by Crippen LogP contribution is 2.38. The van der Waals surface area contributed by atoms with Gasteiger partial charge in [-0.05, 0) is 49.4 Å². The second-order valence-electron chi connectivity index (χ2n) is 7.98. The van der Waals surface area contributed by atoms with Gasteiger partial charge >= 0.3 is 24.2 Å². The summed E-state index contributed by atoms with van der Waals surface area (Å²) in [5.41, 5.74) is -1.36. The molecule has 2 aromatic carbocycles. The number of rotatable bonds is 10. The van der Waals surface area contributed by atoms with Crippen molar-refractivity contribution in [3.05, 3.63) is 71.8 Å². The number of carbonyl (C=O) groups is 4. The molecular weight excluding hydrogens is 480 g/mol. The second-order valence-corrected chi connectivity index (χ2v) is 7.98. The molecule has 2 aromatic rings. The Bertz CT molecular complexity index is 1040. The van der Waals surface area contributed by atoms with Gasteiger partial charge in [0.15, 0.2) is 5.60 Å². The molecule has 36 heavy (non-hydrogen) atoms. The van der Waals surface area contributed by atoms with E-state index in [0.29, 0.717) is 0 Å². The summed E-state index contributed by atoms with van der Waals surface area (Å²) in [6, 6.07) is 15.8. The van der Waals surface area contributed by atoms with E-state index in [2.05, 4.69) is 4.74 Å². The maximum Gasteiger partial charge on any atom is 0.505 e. The summed E-state index contributed by atoms with van der Waals surface area (Å²) >= 11 is 0. The predicted octanol–water partition coefficient (Wildman–Crippen LogP) is 3.86. The number of carbonyl (C=O) groups excluding carboxylic acids is 2. The highest BCUT2D eigenvalue weighted by molar-refractivity contribution is 5.89. The van der Waals surface area contributed by atoms with Crippen LogP contribution in [-0.4, -0.2) is 59.4 Å². The summed E-state index contributed by atoms with van der Waals surface area (Å²) in [5.74, 6) is -2.09. The van der Waals surface area contributed by atoms with Crippen LogP contribution in [0, 0.1) is 5.92 Å². The third-order valence-electron chi connectivity index (χ3n) is 5.53. The fraction of sp³-hybridized carbons (Fsp3) is 0.333. The molecule has 0 aromatic heterocycles. The molecule has 1 saturated carbocycles. The van der Waals surface area contributed by atoms with Gasteiger partial charge in [-0.2, -0.15) is 9.78 Å². The molecule has 1 fully saturated rings. The highest BCUT2D eigenvalue weighted by Gasteiger charge is 2.51. The monoisotopic (exact) mass is 504 g/mol. The van der Waals surface area contributed by atoms with Crippen LogP contribution in [0.15, 0.2) is 60.7 Å². The lowest BCUT2D eigenvalue weighted by Gasteiger charge is -2.41. The quantitative estimate of drug-likeness (QED) is 0.273. The standard InChI is InChI=1S/C24H24O12/c25-20(17-7-3-1-4-8-17)34-33-19-13-16(14-31-22(27)28)11-12-24(19,15-32-23(29)30)36-35-21(26)18-9-5-2-6-10-18/h1-10,16,19H,11-15H2,(H,27,28)(H,29,30). The minimum Gasteiger partial charge on any atom is -0.450 e. The fourth-order valence-corrected chi connectivity index (χ4v) is 3.65. The maximum atomic E-state index is 12.5. The molecule has 0 aliphatic heterocycles. The van der Waals surface area contributed by atoms with Crippen molar-refractivity contribution in [2.45, 2.75) is 31.0 Å². The summed E-state index contributed by atoms with van der Waals surface area (Å²) in [5, 5.41) is 17.9. The van der Waals surface area contributed by atoms with Crippen molar-refractivity contribution in [3.63, 3.8) is 0 Å². The van der Waals surface area contributed by atoms with Gasteiger partial charge in [-0.15, -0.1) is 0 Å². The molecule has 12 nitrogen and oxygen atoms in total. The molecule has 12 heteroatoms. The van der Waals surface area contributed by atoms with Gasteiger partial charge in [-0.25, -0.2) is 19.2 Å². The Kier molecular flexibility index (Phi) is 9.19. The van der Waals surface area contributed by atoms with Crippen LogP contribution >= 0.6 is 0 Å². The van der Waals surface area contributed by atoms with E-state index in [-0.39, 0.29) is 37.0 Å². The maximum absolute atomic E-state index is 12.5. The minimum absolute atomic E-state index is 0.00121. The highest BCUT2D eigenvalue weighted by atomic mass is 17.2. The van der Waals surface area contributed by atoms with Crippen LogP contribution in [0.5, 0.6) is 0 Å². The minimum atomic E-state index is -1.71. The van der Waals surface area contributed by atoms with Crippen molar-refractivity contribution in [2.24, 2.45) is 5.92 Å². The Balaban J connectivity index is 1.80. The average Bonchev–Trinajstić information content (AvgIpc) is 2.89. The smallest absolute Gasteiger partial charge is 0.450 e. The van der Waals surface area contributed by atoms with Gasteiger partial charge in [0.1, 0.15) is 12.7 Å². The average molecular weight is 504 g/mol. The van der Waals surface area contributed by atoms with Gasteiger partial charge in [-0.3, -0.25) is 9.78 Å². The summed E-state index contributed by atoms with van der Waals surface area (Å²) in [6.07, 6.45) is -4.05. The Morgan fingerprint density at radius 3 is 1.92 bits per heavy atom. The summed E-state index contributed by atoms with van der Waals surface area (Å²) in [4.78, 5) is 67.6. The molecular formula is C24H24O12. The molecule has 0 heterocycles. The summed E-state index contributed by atoms with van der Waals surface area (Å²) in [7, 11) is 0. The molecule has 3 unspecified atom stereocenters. The first kappa shape index (κ1) is 26.4. The Morgan fingerprint density at radius 2 is 1.36 bits per heavy atom. The lowest BCUT2D eigenvalue weighted by molar-refractivity contribution is -0.398. The Morgan fingerprint density at radius 1 is 0.806 bits per heavy atom. The van der Waals surface area contributed by atoms with E-state index in [0.717, 1.165) is 0 Å². The molecule has 0 radical (unpaired) electrons. The first-order valence-electron chi connectivity index (χ1n) is 10.9. The van der Waals surface area contributed by atoms with Crippen molar-refractivity contribution in [1.29, 1.82) is 0 Å². The van der Waals surface area contributed by atoms with Crippen LogP contribution in [0.1, 0.15) is 40.0 Å². The molecule has 2 N–H and O–H groups in total. The first-order valence-corrected chi connectivity index (χ1v) is 10.9. The van der Waals surface area contributed by atoms with Crippen LogP contribution < -0.4 is 0 Å². The van der Waals surface area contributed by atoms with Gasteiger partial charge in [0.2, 0.25) is 0 Å². The first-order chi connectivity index (χ1) is 17.3. The molecule has 0 amide bonds. The zero-order chi connectivity index (χ0) is 26.0. The van der Waals surface area contributed by atoms with Gasteiger partial charge in [0.25, 0.3) is 0 Å². The fourth-order valence-electron chi connectivity index (χ4n) is 3.65. The Hall–Kier alpha value is -4.16. The van der Waals surface area contributed by atoms with Crippen molar-refractivity contribution < 1.29 is 58.4 Å². The summed E-state index contributed by atoms with van der Waals surface area (Å²) in [6.45, 7) is -0.827. The number of carboxylic acid groups (broad SMARTS) is 2. The van der Waals surface area contributed by atoms with Gasteiger partial charge in [0.05, 0.1) is 17.7 Å². The van der Waals surface area contributed by atoms with Crippen LogP contribution in [0.4, 0.5) is 9.59 Å². The van der Waals surface area contributed by atoms with E-state index < -0.39 is 48.5 Å². The van der Waals surface area contributed by atoms with Crippen molar-refractivity contribution in [3.8, 4) is 0 Å². The normalized spacial score (nSPS) is 21.1. The van der Waals surface area contributed by atoms with Crippen LogP contribution in [0.3, 0.4) is 0 Å². The molecule has 0 saturated heterocycles. The third kappa shape index (κ3) is 7.42. The lowest BCUT2D eigenvalue weighted by atomic mass is 9.77. The van der Waals surface area contributed by atoms with Crippen molar-refractivity contribution in [1.82, 2.24) is 0 Å². The zero-order valence-electron chi connectivity index (χ0n) is 18.9. The number of benzene rings is 2. The van der Waals surface area contributed by atoms with E-state index in [1.165, 1.54) is 24.3 Å². The van der Waals surface area contributed by atoms with Gasteiger partial charge in [-0.1, -0.05) is 36.4 Å². The van der Waals surface area contributed by atoms with E-state index in [1.807, 2.05) is 0 Å². The van der Waals surface area contributed by atoms with Crippen LogP contribution in [-0.2, 0) is 29.0 Å². The lowest BCUT2D eigenvalue weighted by Crippen LogP contribution is -2.55. The third-order valence-corrected chi connectivity index (χ3v) is 5.53. The van der Waals surface area contributed by atoms with Crippen LogP contribution in [0.25, 0.3) is 0 Å². The molecule has 1 aliphatic rings. The molecule has 3 rings (SSSR count). The van der Waals surface area contributed by atoms with E-state index >= 15 is 0 Å². The largest absolute Gasteiger partial charge is 0.505 e. The number of hydrogen-bond acceptors (Lipinski definition) is 10. The number of ether oxygens (including phenoxy) is 2. The molecule has 3 atom stereocenters. The molecule has 0 spiro atoms. The van der Waals surface area contributed by atoms with Crippen molar-refractivity contribution >= 4 is 24.2 Å². The Labute approximate surface area is 205 Å². The second kappa shape index (κ2) is 12.5. The van der Waals surface area contributed by atoms with Gasteiger partial charge in [0, 0.05) is 0 Å². The zero-order valence-corrected chi connectivity index (χ0v) is 18.9.